The lowest BCUT2D eigenvalue weighted by Gasteiger charge is -2.24. The summed E-state index contributed by atoms with van der Waals surface area (Å²) in [5.41, 5.74) is 1.53. The summed E-state index contributed by atoms with van der Waals surface area (Å²) in [6, 6.07) is 18.1. The van der Waals surface area contributed by atoms with Crippen molar-refractivity contribution in [2.45, 2.75) is 6.04 Å². The number of benzene rings is 3. The zero-order valence-corrected chi connectivity index (χ0v) is 20.5. The number of rotatable bonds is 6. The molecule has 0 radical (unpaired) electrons. The van der Waals surface area contributed by atoms with Gasteiger partial charge in [0.2, 0.25) is 0 Å². The molecule has 0 spiro atoms. The zero-order valence-electron chi connectivity index (χ0n) is 19.7. The Hall–Kier alpha value is -4.37. The number of amides is 1. The number of hydrogen-bond acceptors (Lipinski definition) is 8. The molecule has 0 bridgehead atoms. The third-order valence-electron chi connectivity index (χ3n) is 6.03. The maximum absolute atomic E-state index is 13.4. The van der Waals surface area contributed by atoms with Gasteiger partial charge in [0.15, 0.2) is 5.13 Å². The fourth-order valence-electron chi connectivity index (χ4n) is 4.24. The van der Waals surface area contributed by atoms with E-state index in [0.717, 1.165) is 4.70 Å². The molecule has 8 nitrogen and oxygen atoms in total. The second-order valence-corrected chi connectivity index (χ2v) is 8.98. The van der Waals surface area contributed by atoms with Gasteiger partial charge >= 0.3 is 5.91 Å². The maximum atomic E-state index is 13.4. The Morgan fingerprint density at radius 1 is 0.917 bits per heavy atom. The Bertz CT molecular complexity index is 1510. The van der Waals surface area contributed by atoms with Gasteiger partial charge < -0.3 is 19.3 Å². The van der Waals surface area contributed by atoms with Gasteiger partial charge in [-0.05, 0) is 48.5 Å². The molecular weight excluding hydrogens is 480 g/mol. The molecule has 2 heterocycles. The number of carbonyl (C=O) groups is 2. The second kappa shape index (κ2) is 9.35. The third-order valence-corrected chi connectivity index (χ3v) is 7.05. The van der Waals surface area contributed by atoms with E-state index in [1.165, 1.54) is 30.5 Å². The molecule has 3 aromatic carbocycles. The molecule has 1 aliphatic rings. The van der Waals surface area contributed by atoms with Crippen LogP contribution in [0, 0.1) is 0 Å². The van der Waals surface area contributed by atoms with Gasteiger partial charge in [0, 0.05) is 11.1 Å². The Kier molecular flexibility index (Phi) is 6.07. The number of aliphatic hydroxyl groups is 1. The van der Waals surface area contributed by atoms with Crippen LogP contribution in [0.4, 0.5) is 5.13 Å². The Labute approximate surface area is 211 Å². The summed E-state index contributed by atoms with van der Waals surface area (Å²) in [7, 11) is 4.62. The number of methoxy groups -OCH3 is 3. The van der Waals surface area contributed by atoms with E-state index in [2.05, 4.69) is 4.98 Å². The Balaban J connectivity index is 1.73. The number of anilines is 1. The van der Waals surface area contributed by atoms with Gasteiger partial charge in [-0.25, -0.2) is 4.98 Å². The second-order valence-electron chi connectivity index (χ2n) is 7.97. The number of thiazole rings is 1. The van der Waals surface area contributed by atoms with Crippen molar-refractivity contribution in [3.05, 3.63) is 83.4 Å². The fraction of sp³-hybridized carbons (Fsp3) is 0.148. The molecule has 36 heavy (non-hydrogen) atoms. The van der Waals surface area contributed by atoms with Gasteiger partial charge in [0.1, 0.15) is 29.0 Å². The summed E-state index contributed by atoms with van der Waals surface area (Å²) >= 11 is 1.26. The van der Waals surface area contributed by atoms with E-state index in [9.17, 15) is 14.7 Å². The van der Waals surface area contributed by atoms with E-state index in [-0.39, 0.29) is 11.3 Å². The normalized spacial score (nSPS) is 17.0. The van der Waals surface area contributed by atoms with Crippen LogP contribution in [-0.2, 0) is 9.59 Å². The monoisotopic (exact) mass is 502 g/mol. The first-order valence-corrected chi connectivity index (χ1v) is 11.8. The first kappa shape index (κ1) is 23.4. The van der Waals surface area contributed by atoms with E-state index in [0.29, 0.717) is 39.0 Å². The molecule has 0 saturated carbocycles. The largest absolute Gasteiger partial charge is 0.507 e. The van der Waals surface area contributed by atoms with Crippen molar-refractivity contribution < 1.29 is 28.9 Å². The van der Waals surface area contributed by atoms with Gasteiger partial charge in [-0.2, -0.15) is 0 Å². The summed E-state index contributed by atoms with van der Waals surface area (Å²) in [5.74, 6) is -0.170. The molecule has 1 amide bonds. The molecule has 1 aliphatic heterocycles. The number of fused-ring (bicyclic) bond motifs is 1. The summed E-state index contributed by atoms with van der Waals surface area (Å²) < 4.78 is 16.9. The topological polar surface area (TPSA) is 98.2 Å². The van der Waals surface area contributed by atoms with Crippen LogP contribution in [0.2, 0.25) is 0 Å². The van der Waals surface area contributed by atoms with Crippen molar-refractivity contribution in [2.24, 2.45) is 0 Å². The quantitative estimate of drug-likeness (QED) is 0.226. The molecule has 9 heteroatoms. The van der Waals surface area contributed by atoms with Crippen molar-refractivity contribution in [3.63, 3.8) is 0 Å². The van der Waals surface area contributed by atoms with Gasteiger partial charge in [0.05, 0.1) is 37.1 Å². The van der Waals surface area contributed by atoms with Crippen LogP contribution in [0.3, 0.4) is 0 Å². The average Bonchev–Trinajstić information content (AvgIpc) is 3.45. The molecular formula is C27H22N2O6S. The zero-order chi connectivity index (χ0) is 25.4. The molecule has 1 fully saturated rings. The molecule has 1 atom stereocenters. The first-order valence-electron chi connectivity index (χ1n) is 11.0. The Morgan fingerprint density at radius 2 is 1.61 bits per heavy atom. The van der Waals surface area contributed by atoms with E-state index in [4.69, 9.17) is 14.2 Å². The smallest absolute Gasteiger partial charge is 0.301 e. The molecule has 5 rings (SSSR count). The Morgan fingerprint density at radius 3 is 2.31 bits per heavy atom. The van der Waals surface area contributed by atoms with Crippen molar-refractivity contribution in [2.75, 3.05) is 26.2 Å². The van der Waals surface area contributed by atoms with Gasteiger partial charge in [-0.15, -0.1) is 0 Å². The van der Waals surface area contributed by atoms with E-state index >= 15 is 0 Å². The van der Waals surface area contributed by atoms with Crippen molar-refractivity contribution in [1.82, 2.24) is 4.98 Å². The lowest BCUT2D eigenvalue weighted by molar-refractivity contribution is -0.132. The molecule has 1 saturated heterocycles. The van der Waals surface area contributed by atoms with E-state index in [1.807, 2.05) is 6.07 Å². The third kappa shape index (κ3) is 3.83. The van der Waals surface area contributed by atoms with Crippen LogP contribution < -0.4 is 19.1 Å². The van der Waals surface area contributed by atoms with Gasteiger partial charge in [-0.3, -0.25) is 14.5 Å². The minimum absolute atomic E-state index is 0.0495. The van der Waals surface area contributed by atoms with Crippen molar-refractivity contribution >= 4 is 44.1 Å². The number of hydrogen-bond donors (Lipinski definition) is 1. The van der Waals surface area contributed by atoms with Crippen LogP contribution in [-0.4, -0.2) is 43.1 Å². The number of aromatic nitrogens is 1. The number of ketones is 1. The maximum Gasteiger partial charge on any atom is 0.301 e. The standard InChI is InChI=1S/C27H22N2O6S/c1-33-16-10-8-15(9-11-16)24(30)22-23(18-6-4-5-7-20(18)35-3)29(26(32)25(22)31)27-28-19-13-12-17(34-2)14-21(19)36-27/h4-14,23,30H,1-3H3/b24-22+/t23-/m0/s1. The summed E-state index contributed by atoms with van der Waals surface area (Å²) in [4.78, 5) is 32.8. The highest BCUT2D eigenvalue weighted by Crippen LogP contribution is 2.46. The predicted molar refractivity (Wildman–Crippen MR) is 137 cm³/mol. The van der Waals surface area contributed by atoms with E-state index < -0.39 is 17.7 Å². The van der Waals surface area contributed by atoms with E-state index in [1.54, 1.807) is 67.8 Å². The van der Waals surface area contributed by atoms with Gasteiger partial charge in [-0.1, -0.05) is 29.5 Å². The lowest BCUT2D eigenvalue weighted by Crippen LogP contribution is -2.29. The predicted octanol–water partition coefficient (Wildman–Crippen LogP) is 4.95. The number of aliphatic hydroxyl groups excluding tert-OH is 1. The highest BCUT2D eigenvalue weighted by molar-refractivity contribution is 7.22. The summed E-state index contributed by atoms with van der Waals surface area (Å²) in [5, 5.41) is 11.6. The number of nitrogens with zero attached hydrogens (tertiary/aromatic N) is 2. The van der Waals surface area contributed by atoms with Crippen molar-refractivity contribution in [3.8, 4) is 17.2 Å². The van der Waals surface area contributed by atoms with Crippen LogP contribution in [0.5, 0.6) is 17.2 Å². The van der Waals surface area contributed by atoms with Crippen LogP contribution in [0.25, 0.3) is 16.0 Å². The molecule has 1 N–H and O–H groups in total. The number of carbonyl (C=O) groups excluding carboxylic acids is 2. The lowest BCUT2D eigenvalue weighted by atomic mass is 9.94. The summed E-state index contributed by atoms with van der Waals surface area (Å²) in [6.45, 7) is 0. The average molecular weight is 503 g/mol. The van der Waals surface area contributed by atoms with Crippen LogP contribution in [0.15, 0.2) is 72.3 Å². The molecule has 4 aromatic rings. The number of ether oxygens (including phenoxy) is 3. The minimum Gasteiger partial charge on any atom is -0.507 e. The minimum atomic E-state index is -0.953. The van der Waals surface area contributed by atoms with Crippen LogP contribution in [0.1, 0.15) is 17.2 Å². The first-order chi connectivity index (χ1) is 17.5. The molecule has 0 unspecified atom stereocenters. The van der Waals surface area contributed by atoms with Crippen molar-refractivity contribution in [1.29, 1.82) is 0 Å². The van der Waals surface area contributed by atoms with Crippen LogP contribution >= 0.6 is 11.3 Å². The molecule has 0 aliphatic carbocycles. The van der Waals surface area contributed by atoms with Gasteiger partial charge in [0.25, 0.3) is 5.78 Å². The number of para-hydroxylation sites is 1. The summed E-state index contributed by atoms with van der Waals surface area (Å²) in [6.07, 6.45) is 0. The highest BCUT2D eigenvalue weighted by atomic mass is 32.1. The highest BCUT2D eigenvalue weighted by Gasteiger charge is 2.49. The molecule has 1 aromatic heterocycles. The number of Topliss-reactive ketones (excluding diaryl/α,β-unsaturated/α-hetero) is 1. The fourth-order valence-corrected chi connectivity index (χ4v) is 5.26. The molecule has 182 valence electrons. The SMILES string of the molecule is COc1ccc(/C(O)=C2\C(=O)C(=O)N(c3nc4ccc(OC)cc4s3)[C@H]2c2ccccc2OC)cc1.